The fraction of sp³-hybridized carbons (Fsp3) is 0.652. The number of carbonyl (C=O) groups is 2. The Kier molecular flexibility index (Phi) is 8.15. The van der Waals surface area contributed by atoms with Gasteiger partial charge in [-0.05, 0) is 26.3 Å². The van der Waals surface area contributed by atoms with Crippen molar-refractivity contribution in [1.29, 1.82) is 0 Å². The number of hydrogen-bond donors (Lipinski definition) is 0. The summed E-state index contributed by atoms with van der Waals surface area (Å²) in [6, 6.07) is 9.75. The summed E-state index contributed by atoms with van der Waals surface area (Å²) in [6.07, 6.45) is -0.454. The van der Waals surface area contributed by atoms with Gasteiger partial charge >= 0.3 is 12.2 Å². The van der Waals surface area contributed by atoms with E-state index in [1.807, 2.05) is 51.1 Å². The molecule has 1 aromatic carbocycles. The van der Waals surface area contributed by atoms with Crippen LogP contribution in [0.5, 0.6) is 0 Å². The molecule has 0 aliphatic carbocycles. The van der Waals surface area contributed by atoms with Gasteiger partial charge in [-0.25, -0.2) is 9.59 Å². The summed E-state index contributed by atoms with van der Waals surface area (Å²) in [4.78, 5) is 32.8. The molecule has 2 fully saturated rings. The summed E-state index contributed by atoms with van der Waals surface area (Å²) in [6.45, 7) is 14.2. The van der Waals surface area contributed by atoms with Crippen LogP contribution >= 0.6 is 0 Å². The summed E-state index contributed by atoms with van der Waals surface area (Å²) in [7, 11) is 0. The van der Waals surface area contributed by atoms with Gasteiger partial charge in [0.15, 0.2) is 0 Å². The third-order valence-electron chi connectivity index (χ3n) is 5.59. The van der Waals surface area contributed by atoms with Crippen LogP contribution in [-0.4, -0.2) is 103 Å². The van der Waals surface area contributed by atoms with Crippen LogP contribution in [0, 0.1) is 0 Å². The van der Waals surface area contributed by atoms with Crippen molar-refractivity contribution in [2.45, 2.75) is 33.0 Å². The molecule has 3 rings (SSSR count). The van der Waals surface area contributed by atoms with E-state index in [4.69, 9.17) is 9.47 Å². The molecule has 172 valence electrons. The van der Waals surface area contributed by atoms with Crippen molar-refractivity contribution >= 4 is 12.2 Å². The molecule has 2 aliphatic rings. The smallest absolute Gasteiger partial charge is 0.410 e. The zero-order chi connectivity index (χ0) is 22.3. The van der Waals surface area contributed by atoms with Gasteiger partial charge in [0.25, 0.3) is 0 Å². The topological polar surface area (TPSA) is 65.6 Å². The number of ether oxygens (including phenoxy) is 2. The molecule has 0 bridgehead atoms. The van der Waals surface area contributed by atoms with Gasteiger partial charge in [-0.1, -0.05) is 30.3 Å². The molecule has 2 saturated heterocycles. The number of benzene rings is 1. The van der Waals surface area contributed by atoms with Crippen molar-refractivity contribution in [3.8, 4) is 0 Å². The second-order valence-corrected chi connectivity index (χ2v) is 9.18. The second-order valence-electron chi connectivity index (χ2n) is 9.18. The number of amides is 2. The fourth-order valence-electron chi connectivity index (χ4n) is 3.73. The molecule has 0 saturated carbocycles. The predicted octanol–water partition coefficient (Wildman–Crippen LogP) is 2.49. The first-order valence-corrected chi connectivity index (χ1v) is 11.2. The quantitative estimate of drug-likeness (QED) is 0.712. The van der Waals surface area contributed by atoms with Gasteiger partial charge in [0.2, 0.25) is 0 Å². The van der Waals surface area contributed by atoms with E-state index in [1.54, 1.807) is 9.80 Å². The van der Waals surface area contributed by atoms with Crippen molar-refractivity contribution < 1.29 is 19.1 Å². The van der Waals surface area contributed by atoms with Crippen LogP contribution in [0.25, 0.3) is 0 Å². The highest BCUT2D eigenvalue weighted by molar-refractivity contribution is 5.68. The van der Waals surface area contributed by atoms with Crippen molar-refractivity contribution in [1.82, 2.24) is 19.6 Å². The zero-order valence-corrected chi connectivity index (χ0v) is 19.1. The minimum atomic E-state index is -0.454. The molecular weight excluding hydrogens is 396 g/mol. The van der Waals surface area contributed by atoms with Gasteiger partial charge in [0, 0.05) is 65.4 Å². The van der Waals surface area contributed by atoms with Crippen LogP contribution in [0.4, 0.5) is 9.59 Å². The van der Waals surface area contributed by atoms with E-state index in [-0.39, 0.29) is 12.2 Å². The van der Waals surface area contributed by atoms with E-state index in [2.05, 4.69) is 9.80 Å². The molecule has 0 N–H and O–H groups in total. The van der Waals surface area contributed by atoms with Crippen molar-refractivity contribution in [3.05, 3.63) is 35.9 Å². The molecule has 0 radical (unpaired) electrons. The second kappa shape index (κ2) is 10.8. The van der Waals surface area contributed by atoms with E-state index in [1.165, 1.54) is 0 Å². The van der Waals surface area contributed by atoms with Crippen LogP contribution in [0.2, 0.25) is 0 Å². The minimum Gasteiger partial charge on any atom is -0.445 e. The molecule has 0 unspecified atom stereocenters. The van der Waals surface area contributed by atoms with Gasteiger partial charge in [-0.15, -0.1) is 0 Å². The van der Waals surface area contributed by atoms with E-state index in [0.29, 0.717) is 32.8 Å². The van der Waals surface area contributed by atoms with E-state index in [0.717, 1.165) is 44.8 Å². The molecule has 1 aromatic rings. The van der Waals surface area contributed by atoms with Crippen molar-refractivity contribution in [3.63, 3.8) is 0 Å². The molecule has 0 spiro atoms. The lowest BCUT2D eigenvalue weighted by molar-refractivity contribution is 0.0131. The Labute approximate surface area is 185 Å². The Morgan fingerprint density at radius 1 is 0.774 bits per heavy atom. The van der Waals surface area contributed by atoms with E-state index < -0.39 is 5.60 Å². The van der Waals surface area contributed by atoms with Gasteiger partial charge in [0.05, 0.1) is 0 Å². The third kappa shape index (κ3) is 7.70. The molecule has 31 heavy (non-hydrogen) atoms. The molecule has 8 heteroatoms. The summed E-state index contributed by atoms with van der Waals surface area (Å²) in [5, 5.41) is 0. The molecule has 0 aromatic heterocycles. The van der Waals surface area contributed by atoms with Crippen LogP contribution < -0.4 is 0 Å². The minimum absolute atomic E-state index is 0.220. The largest absolute Gasteiger partial charge is 0.445 e. The molecule has 2 amide bonds. The molecule has 2 aliphatic heterocycles. The SMILES string of the molecule is CC(C)(C)OC(=O)N1CCN(CCN2CCN(C(=O)OCc3ccccc3)CC2)CC1. The summed E-state index contributed by atoms with van der Waals surface area (Å²) in [5.74, 6) is 0. The standard InChI is InChI=1S/C23H36N4O4/c1-23(2,3)31-22(29)27-17-13-25(14-18-27)10-9-24-11-15-26(16-12-24)21(28)30-19-20-7-5-4-6-8-20/h4-8H,9-19H2,1-3H3. The summed E-state index contributed by atoms with van der Waals surface area (Å²) >= 11 is 0. The Morgan fingerprint density at radius 3 is 1.74 bits per heavy atom. The van der Waals surface area contributed by atoms with Crippen molar-refractivity contribution in [2.75, 3.05) is 65.4 Å². The highest BCUT2D eigenvalue weighted by Crippen LogP contribution is 2.12. The summed E-state index contributed by atoms with van der Waals surface area (Å²) < 4.78 is 10.9. The maximum Gasteiger partial charge on any atom is 0.410 e. The number of carbonyl (C=O) groups excluding carboxylic acids is 2. The van der Waals surface area contributed by atoms with Gasteiger partial charge in [-0.3, -0.25) is 9.80 Å². The van der Waals surface area contributed by atoms with E-state index in [9.17, 15) is 9.59 Å². The Morgan fingerprint density at radius 2 is 1.26 bits per heavy atom. The normalized spacial score (nSPS) is 18.7. The molecule has 0 atom stereocenters. The number of rotatable bonds is 5. The van der Waals surface area contributed by atoms with Crippen LogP contribution in [0.3, 0.4) is 0 Å². The fourth-order valence-corrected chi connectivity index (χ4v) is 3.73. The van der Waals surface area contributed by atoms with Crippen LogP contribution in [0.15, 0.2) is 30.3 Å². The highest BCUT2D eigenvalue weighted by Gasteiger charge is 2.27. The highest BCUT2D eigenvalue weighted by atomic mass is 16.6. The summed E-state index contributed by atoms with van der Waals surface area (Å²) in [5.41, 5.74) is 0.547. The predicted molar refractivity (Wildman–Crippen MR) is 119 cm³/mol. The lowest BCUT2D eigenvalue weighted by atomic mass is 10.2. The first kappa shape index (κ1) is 23.3. The van der Waals surface area contributed by atoms with Crippen molar-refractivity contribution in [2.24, 2.45) is 0 Å². The number of piperazine rings is 2. The Hall–Kier alpha value is -2.32. The monoisotopic (exact) mass is 432 g/mol. The van der Waals surface area contributed by atoms with Gasteiger partial charge in [0.1, 0.15) is 12.2 Å². The average Bonchev–Trinajstić information content (AvgIpc) is 2.76. The van der Waals surface area contributed by atoms with E-state index >= 15 is 0 Å². The lowest BCUT2D eigenvalue weighted by Crippen LogP contribution is -2.53. The Balaban J connectivity index is 1.29. The maximum atomic E-state index is 12.3. The van der Waals surface area contributed by atoms with Gasteiger partial charge < -0.3 is 19.3 Å². The zero-order valence-electron chi connectivity index (χ0n) is 19.1. The molecule has 8 nitrogen and oxygen atoms in total. The van der Waals surface area contributed by atoms with Crippen LogP contribution in [0.1, 0.15) is 26.3 Å². The third-order valence-corrected chi connectivity index (χ3v) is 5.59. The lowest BCUT2D eigenvalue weighted by Gasteiger charge is -2.38. The number of hydrogen-bond acceptors (Lipinski definition) is 6. The molecule has 2 heterocycles. The number of nitrogens with zero attached hydrogens (tertiary/aromatic N) is 4. The first-order valence-electron chi connectivity index (χ1n) is 11.2. The first-order chi connectivity index (χ1) is 14.8. The van der Waals surface area contributed by atoms with Crippen LogP contribution in [-0.2, 0) is 16.1 Å². The Bertz CT molecular complexity index is 706. The average molecular weight is 433 g/mol. The maximum absolute atomic E-state index is 12.3. The van der Waals surface area contributed by atoms with Gasteiger partial charge in [-0.2, -0.15) is 0 Å². The molecular formula is C23H36N4O4.